The minimum absolute atomic E-state index is 0.277. The first-order valence-electron chi connectivity index (χ1n) is 9.03. The Balaban J connectivity index is 1.73. The van der Waals surface area contributed by atoms with Gasteiger partial charge in [0.15, 0.2) is 5.96 Å². The molecule has 0 atom stereocenters. The number of hydrogen-bond donors (Lipinski definition) is 2. The molecule has 0 saturated carbocycles. The van der Waals surface area contributed by atoms with E-state index in [0.717, 1.165) is 77.6 Å². The molecule has 2 N–H and O–H groups in total. The second-order valence-electron chi connectivity index (χ2n) is 6.68. The Kier molecular flexibility index (Phi) is 8.66. The summed E-state index contributed by atoms with van der Waals surface area (Å²) in [5, 5.41) is 7.16. The number of piperidine rings is 1. The molecule has 0 aliphatic carbocycles. The van der Waals surface area contributed by atoms with Gasteiger partial charge in [0.2, 0.25) is 0 Å². The molecule has 2 aliphatic heterocycles. The largest absolute Gasteiger partial charge is 0.383 e. The van der Waals surface area contributed by atoms with Gasteiger partial charge in [0.1, 0.15) is 0 Å². The van der Waals surface area contributed by atoms with Crippen LogP contribution >= 0.6 is 11.8 Å². The van der Waals surface area contributed by atoms with Crippen molar-refractivity contribution in [3.05, 3.63) is 0 Å². The Labute approximate surface area is 151 Å². The van der Waals surface area contributed by atoms with E-state index in [2.05, 4.69) is 26.8 Å². The molecular formula is C17H34N4O2S. The number of methoxy groups -OCH3 is 1. The average molecular weight is 359 g/mol. The van der Waals surface area contributed by atoms with E-state index in [9.17, 15) is 0 Å². The summed E-state index contributed by atoms with van der Waals surface area (Å²) in [6.07, 6.45) is 6.74. The van der Waals surface area contributed by atoms with Gasteiger partial charge in [-0.05, 0) is 31.9 Å². The van der Waals surface area contributed by atoms with Crippen molar-refractivity contribution in [1.29, 1.82) is 0 Å². The Morgan fingerprint density at radius 3 is 2.62 bits per heavy atom. The van der Waals surface area contributed by atoms with Crippen LogP contribution in [0.15, 0.2) is 4.99 Å². The van der Waals surface area contributed by atoms with Crippen LogP contribution in [0.1, 0.15) is 25.7 Å². The lowest BCUT2D eigenvalue weighted by Gasteiger charge is -2.37. The topological polar surface area (TPSA) is 58.1 Å². The smallest absolute Gasteiger partial charge is 0.191 e. The van der Waals surface area contributed by atoms with E-state index in [1.54, 1.807) is 7.11 Å². The van der Waals surface area contributed by atoms with E-state index in [1.807, 2.05) is 18.8 Å². The molecule has 2 saturated heterocycles. The fourth-order valence-electron chi connectivity index (χ4n) is 3.35. The van der Waals surface area contributed by atoms with Crippen LogP contribution < -0.4 is 10.6 Å². The number of rotatable bonds is 7. The van der Waals surface area contributed by atoms with Gasteiger partial charge in [-0.2, -0.15) is 11.8 Å². The van der Waals surface area contributed by atoms with Crippen molar-refractivity contribution in [3.8, 4) is 0 Å². The SMILES string of the molecule is CN=C(NCC1(SC)CCOCC1)NC1CCN(CCOC)CC1. The van der Waals surface area contributed by atoms with Crippen LogP contribution in [0.2, 0.25) is 0 Å². The van der Waals surface area contributed by atoms with Crippen molar-refractivity contribution < 1.29 is 9.47 Å². The first-order valence-corrected chi connectivity index (χ1v) is 10.3. The third-order valence-electron chi connectivity index (χ3n) is 5.18. The number of hydrogen-bond acceptors (Lipinski definition) is 5. The second kappa shape index (κ2) is 10.5. The van der Waals surface area contributed by atoms with Crippen LogP contribution in [0, 0.1) is 0 Å². The molecule has 0 amide bonds. The monoisotopic (exact) mass is 358 g/mol. The van der Waals surface area contributed by atoms with Gasteiger partial charge in [-0.25, -0.2) is 0 Å². The highest BCUT2D eigenvalue weighted by Gasteiger charge is 2.32. The van der Waals surface area contributed by atoms with Crippen LogP contribution in [-0.4, -0.2) is 88.1 Å². The first kappa shape index (κ1) is 19.8. The van der Waals surface area contributed by atoms with Crippen molar-refractivity contribution in [2.45, 2.75) is 36.5 Å². The van der Waals surface area contributed by atoms with Crippen molar-refractivity contribution in [1.82, 2.24) is 15.5 Å². The summed E-state index contributed by atoms with van der Waals surface area (Å²) in [7, 11) is 3.63. The van der Waals surface area contributed by atoms with Gasteiger partial charge in [-0.1, -0.05) is 0 Å². The van der Waals surface area contributed by atoms with Gasteiger partial charge < -0.3 is 25.0 Å². The van der Waals surface area contributed by atoms with E-state index < -0.39 is 0 Å². The molecule has 0 aromatic rings. The second-order valence-corrected chi connectivity index (χ2v) is 7.95. The molecule has 2 heterocycles. The molecule has 24 heavy (non-hydrogen) atoms. The Morgan fingerprint density at radius 2 is 2.04 bits per heavy atom. The third-order valence-corrected chi connectivity index (χ3v) is 6.60. The molecule has 0 bridgehead atoms. The molecular weight excluding hydrogens is 324 g/mol. The maximum absolute atomic E-state index is 5.52. The van der Waals surface area contributed by atoms with Crippen LogP contribution in [0.4, 0.5) is 0 Å². The lowest BCUT2D eigenvalue weighted by molar-refractivity contribution is 0.0782. The van der Waals surface area contributed by atoms with E-state index in [1.165, 1.54) is 0 Å². The Bertz CT molecular complexity index is 381. The highest BCUT2D eigenvalue weighted by Crippen LogP contribution is 2.32. The number of nitrogens with zero attached hydrogens (tertiary/aromatic N) is 2. The average Bonchev–Trinajstić information content (AvgIpc) is 2.65. The fourth-order valence-corrected chi connectivity index (χ4v) is 4.14. The maximum atomic E-state index is 5.52. The summed E-state index contributed by atoms with van der Waals surface area (Å²) < 4.78 is 11.0. The summed E-state index contributed by atoms with van der Waals surface area (Å²) in [5.41, 5.74) is 0. The Morgan fingerprint density at radius 1 is 1.33 bits per heavy atom. The molecule has 0 unspecified atom stereocenters. The van der Waals surface area contributed by atoms with E-state index in [0.29, 0.717) is 6.04 Å². The normalized spacial score (nSPS) is 23.2. The number of aliphatic imine (C=N–C) groups is 1. The molecule has 0 spiro atoms. The van der Waals surface area contributed by atoms with Crippen LogP contribution in [-0.2, 0) is 9.47 Å². The summed E-state index contributed by atoms with van der Waals surface area (Å²) in [5.74, 6) is 0.935. The van der Waals surface area contributed by atoms with Gasteiger partial charge in [-0.3, -0.25) is 4.99 Å². The number of likely N-dealkylation sites (tertiary alicyclic amines) is 1. The van der Waals surface area contributed by atoms with Gasteiger partial charge in [-0.15, -0.1) is 0 Å². The highest BCUT2D eigenvalue weighted by molar-refractivity contribution is 8.00. The van der Waals surface area contributed by atoms with Crippen molar-refractivity contribution in [2.75, 3.05) is 66.4 Å². The maximum Gasteiger partial charge on any atom is 0.191 e. The van der Waals surface area contributed by atoms with Gasteiger partial charge >= 0.3 is 0 Å². The zero-order valence-corrected chi connectivity index (χ0v) is 16.3. The minimum Gasteiger partial charge on any atom is -0.383 e. The molecule has 6 nitrogen and oxygen atoms in total. The van der Waals surface area contributed by atoms with Crippen molar-refractivity contribution in [3.63, 3.8) is 0 Å². The number of thioether (sulfide) groups is 1. The molecule has 0 radical (unpaired) electrons. The zero-order valence-electron chi connectivity index (χ0n) is 15.5. The van der Waals surface area contributed by atoms with Crippen LogP contribution in [0.3, 0.4) is 0 Å². The summed E-state index contributed by atoms with van der Waals surface area (Å²) in [4.78, 5) is 6.90. The van der Waals surface area contributed by atoms with Crippen molar-refractivity contribution >= 4 is 17.7 Å². The third kappa shape index (κ3) is 6.10. The molecule has 0 aromatic carbocycles. The molecule has 0 aromatic heterocycles. The minimum atomic E-state index is 0.277. The fraction of sp³-hybridized carbons (Fsp3) is 0.941. The number of ether oxygens (including phenoxy) is 2. The summed E-state index contributed by atoms with van der Waals surface area (Å²) >= 11 is 1.96. The molecule has 140 valence electrons. The Hall–Kier alpha value is -0.500. The number of guanidine groups is 1. The standard InChI is InChI=1S/C17H34N4O2S/c1-18-16(19-14-17(24-3)6-11-23-12-7-17)20-15-4-8-21(9-5-15)10-13-22-2/h15H,4-14H2,1-3H3,(H2,18,19,20). The lowest BCUT2D eigenvalue weighted by Crippen LogP contribution is -2.52. The predicted octanol–water partition coefficient (Wildman–Crippen LogP) is 1.17. The quantitative estimate of drug-likeness (QED) is 0.526. The molecule has 2 fully saturated rings. The molecule has 2 aliphatic rings. The molecule has 2 rings (SSSR count). The number of nitrogens with one attached hydrogen (secondary N) is 2. The van der Waals surface area contributed by atoms with Gasteiger partial charge in [0.25, 0.3) is 0 Å². The van der Waals surface area contributed by atoms with Gasteiger partial charge in [0.05, 0.1) is 6.61 Å². The zero-order chi connectivity index (χ0) is 17.3. The first-order chi connectivity index (χ1) is 11.7. The molecule has 7 heteroatoms. The van der Waals surface area contributed by atoms with Crippen molar-refractivity contribution in [2.24, 2.45) is 4.99 Å². The van der Waals surface area contributed by atoms with E-state index in [-0.39, 0.29) is 4.75 Å². The summed E-state index contributed by atoms with van der Waals surface area (Å²) in [6, 6.07) is 0.509. The predicted molar refractivity (Wildman–Crippen MR) is 102 cm³/mol. The lowest BCUT2D eigenvalue weighted by atomic mass is 9.99. The van der Waals surface area contributed by atoms with Crippen LogP contribution in [0.5, 0.6) is 0 Å². The van der Waals surface area contributed by atoms with E-state index >= 15 is 0 Å². The summed E-state index contributed by atoms with van der Waals surface area (Å²) in [6.45, 7) is 6.80. The highest BCUT2D eigenvalue weighted by atomic mass is 32.2. The van der Waals surface area contributed by atoms with E-state index in [4.69, 9.17) is 9.47 Å². The van der Waals surface area contributed by atoms with Crippen LogP contribution in [0.25, 0.3) is 0 Å². The van der Waals surface area contributed by atoms with Gasteiger partial charge in [0, 0.05) is 64.3 Å².